The summed E-state index contributed by atoms with van der Waals surface area (Å²) >= 11 is 0. The van der Waals surface area contributed by atoms with Gasteiger partial charge in [-0.05, 0) is 5.56 Å². The first-order chi connectivity index (χ1) is 8.24. The Balaban J connectivity index is 2.03. The maximum atomic E-state index is 9.51. The molecule has 1 heterocycles. The summed E-state index contributed by atoms with van der Waals surface area (Å²) in [4.78, 5) is 2.16. The van der Waals surface area contributed by atoms with Crippen molar-refractivity contribution >= 4 is 0 Å². The fourth-order valence-corrected chi connectivity index (χ4v) is 2.24. The van der Waals surface area contributed by atoms with Crippen LogP contribution in [0.1, 0.15) is 11.6 Å². The highest BCUT2D eigenvalue weighted by molar-refractivity contribution is 5.20. The van der Waals surface area contributed by atoms with Crippen molar-refractivity contribution in [1.29, 1.82) is 0 Å². The summed E-state index contributed by atoms with van der Waals surface area (Å²) in [6.45, 7) is 1.47. The molecule has 0 aliphatic carbocycles. The Morgan fingerprint density at radius 3 is 2.29 bits per heavy atom. The highest BCUT2D eigenvalue weighted by atomic mass is 16.7. The van der Waals surface area contributed by atoms with Crippen LogP contribution in [-0.4, -0.2) is 49.7 Å². The van der Waals surface area contributed by atoms with Gasteiger partial charge in [-0.3, -0.25) is 4.90 Å². The van der Waals surface area contributed by atoms with Crippen LogP contribution in [0.15, 0.2) is 30.3 Å². The Morgan fingerprint density at radius 1 is 1.24 bits per heavy atom. The third-order valence-electron chi connectivity index (χ3n) is 3.43. The van der Waals surface area contributed by atoms with Crippen LogP contribution in [0.3, 0.4) is 0 Å². The lowest BCUT2D eigenvalue weighted by molar-refractivity contribution is -0.284. The lowest BCUT2D eigenvalue weighted by Crippen LogP contribution is -2.64. The Labute approximate surface area is 102 Å². The van der Waals surface area contributed by atoms with Crippen molar-refractivity contribution in [1.82, 2.24) is 4.90 Å². The first kappa shape index (κ1) is 12.5. The highest BCUT2D eigenvalue weighted by Gasteiger charge is 2.46. The predicted octanol–water partition coefficient (Wildman–Crippen LogP) is 1.02. The van der Waals surface area contributed by atoms with Crippen LogP contribution in [0.2, 0.25) is 0 Å². The number of aliphatic hydroxyl groups excluding tert-OH is 1. The molecule has 1 aliphatic rings. The van der Waals surface area contributed by atoms with Gasteiger partial charge in [-0.25, -0.2) is 0 Å². The van der Waals surface area contributed by atoms with Gasteiger partial charge in [0.1, 0.15) is 0 Å². The molecule has 0 amide bonds. The summed E-state index contributed by atoms with van der Waals surface area (Å²) in [6, 6.07) is 10.0. The molecule has 4 nitrogen and oxygen atoms in total. The van der Waals surface area contributed by atoms with E-state index in [0.717, 1.165) is 5.56 Å². The van der Waals surface area contributed by atoms with Crippen LogP contribution in [0, 0.1) is 0 Å². The van der Waals surface area contributed by atoms with Crippen LogP contribution in [0.4, 0.5) is 0 Å². The quantitative estimate of drug-likeness (QED) is 0.777. The van der Waals surface area contributed by atoms with Crippen molar-refractivity contribution < 1.29 is 14.6 Å². The van der Waals surface area contributed by atoms with Gasteiger partial charge in [0.15, 0.2) is 5.79 Å². The molecule has 1 aromatic carbocycles. The van der Waals surface area contributed by atoms with Gasteiger partial charge < -0.3 is 14.6 Å². The van der Waals surface area contributed by atoms with E-state index in [1.807, 2.05) is 30.3 Å². The van der Waals surface area contributed by atoms with E-state index < -0.39 is 5.79 Å². The molecule has 0 unspecified atom stereocenters. The van der Waals surface area contributed by atoms with Crippen molar-refractivity contribution in [2.24, 2.45) is 0 Å². The van der Waals surface area contributed by atoms with Gasteiger partial charge in [-0.2, -0.15) is 0 Å². The molecular formula is C13H19NO3. The first-order valence-electron chi connectivity index (χ1n) is 5.75. The van der Waals surface area contributed by atoms with E-state index in [1.54, 1.807) is 14.2 Å². The Bertz CT molecular complexity index is 343. The molecule has 0 bridgehead atoms. The van der Waals surface area contributed by atoms with Crippen molar-refractivity contribution in [2.75, 3.05) is 33.9 Å². The molecule has 1 aromatic rings. The minimum atomic E-state index is -0.498. The number of hydrogen-bond acceptors (Lipinski definition) is 4. The van der Waals surface area contributed by atoms with Gasteiger partial charge in [0.05, 0.1) is 25.7 Å². The second kappa shape index (κ2) is 5.14. The average molecular weight is 237 g/mol. The summed E-state index contributed by atoms with van der Waals surface area (Å²) in [5.74, 6) is -0.498. The fraction of sp³-hybridized carbons (Fsp3) is 0.538. The molecule has 2 rings (SSSR count). The largest absolute Gasteiger partial charge is 0.394 e. The molecule has 1 saturated heterocycles. The van der Waals surface area contributed by atoms with Crippen LogP contribution in [0.25, 0.3) is 0 Å². The number of ether oxygens (including phenoxy) is 2. The summed E-state index contributed by atoms with van der Waals surface area (Å²) in [5, 5.41) is 9.51. The van der Waals surface area contributed by atoms with Crippen molar-refractivity contribution in [3.8, 4) is 0 Å². The predicted molar refractivity (Wildman–Crippen MR) is 64.6 cm³/mol. The van der Waals surface area contributed by atoms with E-state index in [1.165, 1.54) is 0 Å². The SMILES string of the molecule is COC1(OC)CN([C@@H](CO)c2ccccc2)C1. The fourth-order valence-electron chi connectivity index (χ4n) is 2.24. The molecule has 0 saturated carbocycles. The van der Waals surface area contributed by atoms with Crippen molar-refractivity contribution in [2.45, 2.75) is 11.8 Å². The van der Waals surface area contributed by atoms with E-state index in [0.29, 0.717) is 13.1 Å². The number of aliphatic hydroxyl groups is 1. The van der Waals surface area contributed by atoms with E-state index in [4.69, 9.17) is 9.47 Å². The second-order valence-corrected chi connectivity index (χ2v) is 4.33. The van der Waals surface area contributed by atoms with Crippen molar-refractivity contribution in [3.05, 3.63) is 35.9 Å². The van der Waals surface area contributed by atoms with E-state index in [-0.39, 0.29) is 12.6 Å². The second-order valence-electron chi connectivity index (χ2n) is 4.33. The van der Waals surface area contributed by atoms with Crippen LogP contribution in [0.5, 0.6) is 0 Å². The summed E-state index contributed by atoms with van der Waals surface area (Å²) in [6.07, 6.45) is 0. The zero-order valence-electron chi connectivity index (χ0n) is 10.3. The minimum absolute atomic E-state index is 0.0228. The number of nitrogens with zero attached hydrogens (tertiary/aromatic N) is 1. The third kappa shape index (κ3) is 2.35. The summed E-state index contributed by atoms with van der Waals surface area (Å²) in [7, 11) is 3.30. The minimum Gasteiger partial charge on any atom is -0.394 e. The molecule has 0 aromatic heterocycles. The normalized spacial score (nSPS) is 20.9. The number of methoxy groups -OCH3 is 2. The molecule has 1 N–H and O–H groups in total. The molecule has 0 spiro atoms. The van der Waals surface area contributed by atoms with Gasteiger partial charge in [-0.15, -0.1) is 0 Å². The molecular weight excluding hydrogens is 218 g/mol. The smallest absolute Gasteiger partial charge is 0.193 e. The lowest BCUT2D eigenvalue weighted by atomic mass is 9.99. The molecule has 0 radical (unpaired) electrons. The maximum absolute atomic E-state index is 9.51. The standard InChI is InChI=1S/C13H19NO3/c1-16-13(17-2)9-14(10-13)12(8-15)11-6-4-3-5-7-11/h3-7,12,15H,8-10H2,1-2H3/t12-/m0/s1. The highest BCUT2D eigenvalue weighted by Crippen LogP contribution is 2.33. The molecule has 94 valence electrons. The first-order valence-corrected chi connectivity index (χ1v) is 5.75. The van der Waals surface area contributed by atoms with Crippen LogP contribution in [-0.2, 0) is 9.47 Å². The topological polar surface area (TPSA) is 41.9 Å². The Kier molecular flexibility index (Phi) is 3.79. The number of benzene rings is 1. The number of likely N-dealkylation sites (tertiary alicyclic amines) is 1. The van der Waals surface area contributed by atoms with Crippen LogP contribution < -0.4 is 0 Å². The van der Waals surface area contributed by atoms with Gasteiger partial charge in [0.2, 0.25) is 0 Å². The molecule has 4 heteroatoms. The number of hydrogen-bond donors (Lipinski definition) is 1. The Morgan fingerprint density at radius 2 is 1.82 bits per heavy atom. The Hall–Kier alpha value is -0.940. The van der Waals surface area contributed by atoms with Gasteiger partial charge in [-0.1, -0.05) is 30.3 Å². The number of rotatable bonds is 5. The van der Waals surface area contributed by atoms with E-state index in [9.17, 15) is 5.11 Å². The molecule has 1 atom stereocenters. The van der Waals surface area contributed by atoms with Gasteiger partial charge in [0.25, 0.3) is 0 Å². The molecule has 1 fully saturated rings. The monoisotopic (exact) mass is 237 g/mol. The van der Waals surface area contributed by atoms with E-state index in [2.05, 4.69) is 4.90 Å². The van der Waals surface area contributed by atoms with Gasteiger partial charge >= 0.3 is 0 Å². The van der Waals surface area contributed by atoms with E-state index >= 15 is 0 Å². The third-order valence-corrected chi connectivity index (χ3v) is 3.43. The van der Waals surface area contributed by atoms with Crippen LogP contribution >= 0.6 is 0 Å². The molecule has 1 aliphatic heterocycles. The summed E-state index contributed by atoms with van der Waals surface area (Å²) in [5.41, 5.74) is 1.12. The maximum Gasteiger partial charge on any atom is 0.193 e. The lowest BCUT2D eigenvalue weighted by Gasteiger charge is -2.50. The van der Waals surface area contributed by atoms with Gasteiger partial charge in [0, 0.05) is 14.2 Å². The summed E-state index contributed by atoms with van der Waals surface area (Å²) < 4.78 is 10.7. The average Bonchev–Trinajstić information content (AvgIpc) is 2.34. The molecule has 17 heavy (non-hydrogen) atoms. The van der Waals surface area contributed by atoms with Crippen molar-refractivity contribution in [3.63, 3.8) is 0 Å². The zero-order chi connectivity index (χ0) is 12.3. The zero-order valence-corrected chi connectivity index (χ0v) is 10.3.